The molecule has 3 aromatic rings. The van der Waals surface area contributed by atoms with Crippen molar-refractivity contribution in [3.8, 4) is 11.3 Å². The number of aromatic nitrogens is 3. The van der Waals surface area contributed by atoms with Gasteiger partial charge >= 0.3 is 0 Å². The van der Waals surface area contributed by atoms with Gasteiger partial charge in [0.05, 0.1) is 17.9 Å². The summed E-state index contributed by atoms with van der Waals surface area (Å²) < 4.78 is 1.94. The highest BCUT2D eigenvalue weighted by molar-refractivity contribution is 7.09. The molecule has 2 aromatic heterocycles. The van der Waals surface area contributed by atoms with E-state index in [1.807, 2.05) is 29.9 Å². The van der Waals surface area contributed by atoms with Gasteiger partial charge in [-0.05, 0) is 32.8 Å². The van der Waals surface area contributed by atoms with Crippen molar-refractivity contribution in [3.05, 3.63) is 57.7 Å². The van der Waals surface area contributed by atoms with Gasteiger partial charge in [-0.1, -0.05) is 30.3 Å². The van der Waals surface area contributed by atoms with Crippen LogP contribution in [0.4, 0.5) is 0 Å². The Bertz CT molecular complexity index is 941. The fourth-order valence-electron chi connectivity index (χ4n) is 3.19. The number of benzene rings is 1. The summed E-state index contributed by atoms with van der Waals surface area (Å²) in [6.07, 6.45) is 0.904. The number of aryl methyl sites for hydroxylation is 2. The summed E-state index contributed by atoms with van der Waals surface area (Å²) in [7, 11) is 3.78. The highest BCUT2D eigenvalue weighted by Gasteiger charge is 2.14. The van der Waals surface area contributed by atoms with Crippen molar-refractivity contribution in [2.45, 2.75) is 39.8 Å². The molecule has 0 radical (unpaired) electrons. The van der Waals surface area contributed by atoms with Crippen molar-refractivity contribution in [1.82, 2.24) is 25.4 Å². The van der Waals surface area contributed by atoms with Gasteiger partial charge in [0.1, 0.15) is 5.01 Å². The van der Waals surface area contributed by atoms with E-state index in [1.165, 1.54) is 11.3 Å². The first-order valence-electron chi connectivity index (χ1n) is 9.44. The third-order valence-electron chi connectivity index (χ3n) is 4.80. The second kappa shape index (κ2) is 9.01. The monoisotopic (exact) mass is 396 g/mol. The molecule has 0 saturated heterocycles. The van der Waals surface area contributed by atoms with Gasteiger partial charge in [0.2, 0.25) is 0 Å². The molecule has 0 aliphatic heterocycles. The molecule has 7 heteroatoms. The van der Waals surface area contributed by atoms with E-state index in [1.54, 1.807) is 18.4 Å². The second-order valence-electron chi connectivity index (χ2n) is 6.94. The Morgan fingerprint density at radius 2 is 2.00 bits per heavy atom. The van der Waals surface area contributed by atoms with E-state index in [9.17, 15) is 0 Å². The van der Waals surface area contributed by atoms with Gasteiger partial charge in [-0.2, -0.15) is 5.10 Å². The molecule has 0 saturated carbocycles. The fourth-order valence-corrected chi connectivity index (χ4v) is 3.93. The normalized spacial score (nSPS) is 12.8. The maximum Gasteiger partial charge on any atom is 0.191 e. The van der Waals surface area contributed by atoms with Crippen LogP contribution < -0.4 is 10.6 Å². The van der Waals surface area contributed by atoms with Crippen LogP contribution in [-0.2, 0) is 20.0 Å². The van der Waals surface area contributed by atoms with Crippen LogP contribution in [0.25, 0.3) is 11.3 Å². The minimum absolute atomic E-state index is 0.240. The Kier molecular flexibility index (Phi) is 6.46. The Morgan fingerprint density at radius 1 is 1.25 bits per heavy atom. The number of nitrogens with zero attached hydrogens (tertiary/aromatic N) is 4. The highest BCUT2D eigenvalue weighted by atomic mass is 32.1. The van der Waals surface area contributed by atoms with Crippen LogP contribution >= 0.6 is 11.3 Å². The summed E-state index contributed by atoms with van der Waals surface area (Å²) >= 11 is 1.66. The molecule has 0 bridgehead atoms. The Morgan fingerprint density at radius 3 is 2.64 bits per heavy atom. The summed E-state index contributed by atoms with van der Waals surface area (Å²) in [6, 6.07) is 10.5. The van der Waals surface area contributed by atoms with Crippen LogP contribution in [0.2, 0.25) is 0 Å². The Labute approximate surface area is 170 Å². The molecule has 1 unspecified atom stereocenters. The molecule has 2 heterocycles. The van der Waals surface area contributed by atoms with Crippen molar-refractivity contribution in [2.75, 3.05) is 7.05 Å². The predicted molar refractivity (Wildman–Crippen MR) is 117 cm³/mol. The summed E-state index contributed by atoms with van der Waals surface area (Å²) in [4.78, 5) is 9.07. The molecule has 3 rings (SSSR count). The number of hydrogen-bond acceptors (Lipinski definition) is 4. The van der Waals surface area contributed by atoms with Gasteiger partial charge in [0, 0.05) is 36.8 Å². The van der Waals surface area contributed by atoms with E-state index in [4.69, 9.17) is 4.98 Å². The first-order chi connectivity index (χ1) is 13.5. The lowest BCUT2D eigenvalue weighted by Gasteiger charge is -2.18. The lowest BCUT2D eigenvalue weighted by Crippen LogP contribution is -2.42. The number of thiazole rings is 1. The minimum Gasteiger partial charge on any atom is -0.354 e. The molecule has 0 aliphatic carbocycles. The number of rotatable bonds is 6. The van der Waals surface area contributed by atoms with Crippen LogP contribution in [0.15, 0.2) is 40.7 Å². The second-order valence-corrected chi connectivity index (χ2v) is 7.88. The van der Waals surface area contributed by atoms with Crippen LogP contribution in [0.1, 0.15) is 28.9 Å². The zero-order chi connectivity index (χ0) is 20.1. The zero-order valence-electron chi connectivity index (χ0n) is 17.2. The van der Waals surface area contributed by atoms with Crippen molar-refractivity contribution >= 4 is 17.3 Å². The van der Waals surface area contributed by atoms with Crippen molar-refractivity contribution in [2.24, 2.45) is 12.0 Å². The van der Waals surface area contributed by atoms with E-state index in [0.29, 0.717) is 6.54 Å². The maximum absolute atomic E-state index is 4.72. The van der Waals surface area contributed by atoms with Gasteiger partial charge in [-0.3, -0.25) is 9.67 Å². The summed E-state index contributed by atoms with van der Waals surface area (Å²) in [5, 5.41) is 14.5. The predicted octanol–water partition coefficient (Wildman–Crippen LogP) is 3.46. The molecule has 1 aromatic carbocycles. The lowest BCUT2D eigenvalue weighted by molar-refractivity contribution is 0.635. The first-order valence-corrected chi connectivity index (χ1v) is 10.3. The molecule has 0 fully saturated rings. The van der Waals surface area contributed by atoms with Crippen molar-refractivity contribution in [1.29, 1.82) is 0 Å². The molecule has 28 heavy (non-hydrogen) atoms. The van der Waals surface area contributed by atoms with Crippen molar-refractivity contribution < 1.29 is 0 Å². The molecule has 148 valence electrons. The van der Waals surface area contributed by atoms with E-state index in [2.05, 4.69) is 59.0 Å². The van der Waals surface area contributed by atoms with E-state index in [-0.39, 0.29) is 6.04 Å². The lowest BCUT2D eigenvalue weighted by atomic mass is 10.1. The number of guanidine groups is 1. The largest absolute Gasteiger partial charge is 0.354 e. The van der Waals surface area contributed by atoms with Crippen molar-refractivity contribution in [3.63, 3.8) is 0 Å². The molecule has 0 spiro atoms. The Hall–Kier alpha value is -2.67. The smallest absolute Gasteiger partial charge is 0.191 e. The average molecular weight is 397 g/mol. The minimum atomic E-state index is 0.240. The molecular formula is C21H28N6S. The summed E-state index contributed by atoms with van der Waals surface area (Å²) in [5.41, 5.74) is 5.76. The molecule has 6 nitrogen and oxygen atoms in total. The topological polar surface area (TPSA) is 67.1 Å². The van der Waals surface area contributed by atoms with Crippen LogP contribution in [0.5, 0.6) is 0 Å². The molecular weight excluding hydrogens is 368 g/mol. The van der Waals surface area contributed by atoms with Gasteiger partial charge < -0.3 is 10.6 Å². The zero-order valence-corrected chi connectivity index (χ0v) is 18.0. The fraction of sp³-hybridized carbons (Fsp3) is 0.381. The van der Waals surface area contributed by atoms with Gasteiger partial charge in [-0.15, -0.1) is 11.3 Å². The van der Waals surface area contributed by atoms with Gasteiger partial charge in [-0.25, -0.2) is 4.98 Å². The molecule has 2 N–H and O–H groups in total. The van der Waals surface area contributed by atoms with E-state index < -0.39 is 0 Å². The molecule has 0 amide bonds. The summed E-state index contributed by atoms with van der Waals surface area (Å²) in [5.74, 6) is 0.781. The molecule has 1 atom stereocenters. The van der Waals surface area contributed by atoms with E-state index in [0.717, 1.165) is 34.3 Å². The van der Waals surface area contributed by atoms with Crippen LogP contribution in [0, 0.1) is 13.8 Å². The first kappa shape index (κ1) is 20.1. The third kappa shape index (κ3) is 4.78. The summed E-state index contributed by atoms with van der Waals surface area (Å²) in [6.45, 7) is 6.99. The van der Waals surface area contributed by atoms with Crippen LogP contribution in [-0.4, -0.2) is 33.8 Å². The number of hydrogen-bond donors (Lipinski definition) is 2. The standard InChI is InChI=1S/C21H28N6S/c1-14(11-18-15(2)26-27(5)16(18)3)24-21(22-4)23-12-20-25-19(13-28-20)17-9-7-6-8-10-17/h6-10,13-14H,11-12H2,1-5H3,(H2,22,23,24). The molecule has 0 aliphatic rings. The Balaban J connectivity index is 1.55. The SMILES string of the molecule is CN=C(NCc1nc(-c2ccccc2)cs1)NC(C)Cc1c(C)nn(C)c1C. The van der Waals surface area contributed by atoms with E-state index >= 15 is 0 Å². The van der Waals surface area contributed by atoms with Gasteiger partial charge in [0.15, 0.2) is 5.96 Å². The third-order valence-corrected chi connectivity index (χ3v) is 5.65. The van der Waals surface area contributed by atoms with Crippen LogP contribution in [0.3, 0.4) is 0 Å². The van der Waals surface area contributed by atoms with Gasteiger partial charge in [0.25, 0.3) is 0 Å². The maximum atomic E-state index is 4.72. The quantitative estimate of drug-likeness (QED) is 0.495. The number of aliphatic imine (C=N–C) groups is 1. The number of nitrogens with one attached hydrogen (secondary N) is 2. The highest BCUT2D eigenvalue weighted by Crippen LogP contribution is 2.21. The average Bonchev–Trinajstić information content (AvgIpc) is 3.26.